The Hall–Kier alpha value is -4.07. The van der Waals surface area contributed by atoms with Gasteiger partial charge < -0.3 is 24.4 Å². The first-order chi connectivity index (χ1) is 17.9. The monoisotopic (exact) mass is 506 g/mol. The summed E-state index contributed by atoms with van der Waals surface area (Å²) >= 11 is 0. The van der Waals surface area contributed by atoms with E-state index in [1.54, 1.807) is 24.3 Å². The highest BCUT2D eigenvalue weighted by Crippen LogP contribution is 2.41. The average molecular weight is 507 g/mol. The number of halogens is 1. The van der Waals surface area contributed by atoms with Gasteiger partial charge in [-0.1, -0.05) is 29.8 Å². The molecule has 0 spiro atoms. The SMILES string of the molecule is CCOc1cc(C(=O)N2CC(=O)Nc3ccc(C)cc3[C@H]2c2ccc(F)cc2)cc(OCC)c1OCC. The van der Waals surface area contributed by atoms with E-state index in [-0.39, 0.29) is 23.8 Å². The summed E-state index contributed by atoms with van der Waals surface area (Å²) in [5, 5.41) is 2.91. The maximum Gasteiger partial charge on any atom is 0.255 e. The van der Waals surface area contributed by atoms with Crippen molar-refractivity contribution in [3.05, 3.63) is 82.7 Å². The molecule has 37 heavy (non-hydrogen) atoms. The molecule has 2 amide bonds. The van der Waals surface area contributed by atoms with E-state index in [0.29, 0.717) is 48.3 Å². The molecule has 3 aromatic carbocycles. The van der Waals surface area contributed by atoms with Gasteiger partial charge in [-0.05, 0) is 63.6 Å². The van der Waals surface area contributed by atoms with Crippen LogP contribution in [-0.2, 0) is 4.79 Å². The molecule has 0 aromatic heterocycles. The fourth-order valence-electron chi connectivity index (χ4n) is 4.50. The molecule has 0 saturated heterocycles. The number of nitrogens with zero attached hydrogens (tertiary/aromatic N) is 1. The predicted octanol–water partition coefficient (Wildman–Crippen LogP) is 5.51. The average Bonchev–Trinajstić information content (AvgIpc) is 3.01. The minimum Gasteiger partial charge on any atom is -0.490 e. The molecule has 1 N–H and O–H groups in total. The van der Waals surface area contributed by atoms with Crippen LogP contribution in [0.3, 0.4) is 0 Å². The van der Waals surface area contributed by atoms with Crippen molar-refractivity contribution >= 4 is 17.5 Å². The number of nitrogens with one attached hydrogen (secondary N) is 1. The predicted molar refractivity (Wildman–Crippen MR) is 139 cm³/mol. The van der Waals surface area contributed by atoms with Gasteiger partial charge in [0.05, 0.1) is 25.9 Å². The second kappa shape index (κ2) is 11.3. The zero-order chi connectivity index (χ0) is 26.5. The Balaban J connectivity index is 1.88. The Labute approximate surface area is 216 Å². The lowest BCUT2D eigenvalue weighted by Crippen LogP contribution is -2.39. The van der Waals surface area contributed by atoms with Crippen molar-refractivity contribution in [1.29, 1.82) is 0 Å². The van der Waals surface area contributed by atoms with Crippen LogP contribution in [0, 0.1) is 12.7 Å². The molecule has 0 unspecified atom stereocenters. The first-order valence-electron chi connectivity index (χ1n) is 12.4. The van der Waals surface area contributed by atoms with E-state index in [9.17, 15) is 14.0 Å². The number of anilines is 1. The van der Waals surface area contributed by atoms with Crippen LogP contribution in [0.4, 0.5) is 10.1 Å². The molecule has 7 nitrogen and oxygen atoms in total. The van der Waals surface area contributed by atoms with E-state index in [1.165, 1.54) is 17.0 Å². The smallest absolute Gasteiger partial charge is 0.255 e. The maximum atomic E-state index is 14.1. The summed E-state index contributed by atoms with van der Waals surface area (Å²) in [6, 6.07) is 14.2. The van der Waals surface area contributed by atoms with Crippen LogP contribution in [-0.4, -0.2) is 43.1 Å². The van der Waals surface area contributed by atoms with Gasteiger partial charge in [0.2, 0.25) is 11.7 Å². The van der Waals surface area contributed by atoms with Crippen LogP contribution in [0.15, 0.2) is 54.6 Å². The number of carbonyl (C=O) groups excluding carboxylic acids is 2. The Bertz CT molecular complexity index is 1260. The zero-order valence-electron chi connectivity index (χ0n) is 21.5. The van der Waals surface area contributed by atoms with Crippen molar-refractivity contribution < 1.29 is 28.2 Å². The van der Waals surface area contributed by atoms with Crippen molar-refractivity contribution in [2.75, 3.05) is 31.7 Å². The Kier molecular flexibility index (Phi) is 7.96. The van der Waals surface area contributed by atoms with Crippen LogP contribution in [0.2, 0.25) is 0 Å². The van der Waals surface area contributed by atoms with Crippen LogP contribution >= 0.6 is 0 Å². The highest BCUT2D eigenvalue weighted by Gasteiger charge is 2.35. The van der Waals surface area contributed by atoms with Gasteiger partial charge >= 0.3 is 0 Å². The largest absolute Gasteiger partial charge is 0.490 e. The first-order valence-corrected chi connectivity index (χ1v) is 12.4. The number of hydrogen-bond donors (Lipinski definition) is 1. The van der Waals surface area contributed by atoms with Gasteiger partial charge in [-0.2, -0.15) is 0 Å². The summed E-state index contributed by atoms with van der Waals surface area (Å²) in [6.45, 7) is 8.39. The van der Waals surface area contributed by atoms with Crippen molar-refractivity contribution in [2.24, 2.45) is 0 Å². The Morgan fingerprint density at radius 2 is 1.57 bits per heavy atom. The summed E-state index contributed by atoms with van der Waals surface area (Å²) in [7, 11) is 0. The molecule has 0 saturated carbocycles. The van der Waals surface area contributed by atoms with Crippen molar-refractivity contribution in [1.82, 2.24) is 4.90 Å². The fraction of sp³-hybridized carbons (Fsp3) is 0.310. The highest BCUT2D eigenvalue weighted by atomic mass is 19.1. The molecule has 4 rings (SSSR count). The number of carbonyl (C=O) groups is 2. The lowest BCUT2D eigenvalue weighted by atomic mass is 9.94. The fourth-order valence-corrected chi connectivity index (χ4v) is 4.50. The number of fused-ring (bicyclic) bond motifs is 1. The molecule has 0 radical (unpaired) electrons. The quantitative estimate of drug-likeness (QED) is 0.436. The maximum absolute atomic E-state index is 14.1. The minimum atomic E-state index is -0.639. The molecule has 0 bridgehead atoms. The highest BCUT2D eigenvalue weighted by molar-refractivity contribution is 6.02. The number of hydrogen-bond acceptors (Lipinski definition) is 5. The summed E-state index contributed by atoms with van der Waals surface area (Å²) < 4.78 is 31.2. The number of aryl methyl sites for hydroxylation is 1. The summed E-state index contributed by atoms with van der Waals surface area (Å²) in [5.41, 5.74) is 3.28. The molecule has 1 atom stereocenters. The van der Waals surface area contributed by atoms with E-state index < -0.39 is 11.9 Å². The third-order valence-electron chi connectivity index (χ3n) is 6.00. The normalized spacial score (nSPS) is 14.9. The van der Waals surface area contributed by atoms with Gasteiger partial charge in [0.25, 0.3) is 5.91 Å². The van der Waals surface area contributed by atoms with Gasteiger partial charge in [0.15, 0.2) is 11.5 Å². The zero-order valence-corrected chi connectivity index (χ0v) is 21.5. The molecular formula is C29H31FN2O5. The molecule has 1 heterocycles. The van der Waals surface area contributed by atoms with Crippen LogP contribution < -0.4 is 19.5 Å². The van der Waals surface area contributed by atoms with Gasteiger partial charge in [-0.25, -0.2) is 4.39 Å². The van der Waals surface area contributed by atoms with E-state index >= 15 is 0 Å². The van der Waals surface area contributed by atoms with Crippen molar-refractivity contribution in [3.63, 3.8) is 0 Å². The first kappa shape index (κ1) is 26.0. The number of ether oxygens (including phenoxy) is 3. The second-order valence-corrected chi connectivity index (χ2v) is 8.63. The minimum absolute atomic E-state index is 0.199. The lowest BCUT2D eigenvalue weighted by Gasteiger charge is -2.31. The van der Waals surface area contributed by atoms with E-state index in [4.69, 9.17) is 14.2 Å². The third-order valence-corrected chi connectivity index (χ3v) is 6.00. The number of rotatable bonds is 8. The standard InChI is InChI=1S/C29H31FN2O5/c1-5-35-24-15-20(16-25(36-6-2)28(24)37-7-3)29(34)32-17-26(33)31-23-13-8-18(4)14-22(23)27(32)19-9-11-21(30)12-10-19/h8-16,27H,5-7,17H2,1-4H3,(H,31,33)/t27-/m1/s1. The van der Waals surface area contributed by atoms with E-state index in [2.05, 4.69) is 5.32 Å². The van der Waals surface area contributed by atoms with Crippen LogP contribution in [0.5, 0.6) is 17.2 Å². The molecule has 0 aliphatic carbocycles. The molecule has 0 fully saturated rings. The van der Waals surface area contributed by atoms with E-state index in [0.717, 1.165) is 11.1 Å². The molecule has 194 valence electrons. The Morgan fingerprint density at radius 1 is 0.946 bits per heavy atom. The molecule has 1 aliphatic heterocycles. The topological polar surface area (TPSA) is 77.1 Å². The number of benzene rings is 3. The van der Waals surface area contributed by atoms with Crippen LogP contribution in [0.25, 0.3) is 0 Å². The molecular weight excluding hydrogens is 475 g/mol. The van der Waals surface area contributed by atoms with Gasteiger partial charge in [-0.3, -0.25) is 9.59 Å². The van der Waals surface area contributed by atoms with Gasteiger partial charge in [0.1, 0.15) is 12.4 Å². The summed E-state index contributed by atoms with van der Waals surface area (Å²) in [5.74, 6) is 0.0726. The summed E-state index contributed by atoms with van der Waals surface area (Å²) in [6.07, 6.45) is 0. The molecule has 1 aliphatic rings. The molecule has 8 heteroatoms. The molecule has 3 aromatic rings. The van der Waals surface area contributed by atoms with E-state index in [1.807, 2.05) is 45.9 Å². The third kappa shape index (κ3) is 5.53. The van der Waals surface area contributed by atoms with Crippen molar-refractivity contribution in [3.8, 4) is 17.2 Å². The Morgan fingerprint density at radius 3 is 2.16 bits per heavy atom. The second-order valence-electron chi connectivity index (χ2n) is 8.63. The lowest BCUT2D eigenvalue weighted by molar-refractivity contribution is -0.117. The summed E-state index contributed by atoms with van der Waals surface area (Å²) in [4.78, 5) is 28.6. The van der Waals surface area contributed by atoms with Gasteiger partial charge in [0, 0.05) is 16.8 Å². The number of amides is 2. The van der Waals surface area contributed by atoms with Gasteiger partial charge in [-0.15, -0.1) is 0 Å². The van der Waals surface area contributed by atoms with Crippen LogP contribution in [0.1, 0.15) is 53.9 Å². The van der Waals surface area contributed by atoms with Crippen molar-refractivity contribution in [2.45, 2.75) is 33.7 Å².